The monoisotopic (exact) mass is 472 g/mol. The number of hydrogen-bond acceptors (Lipinski definition) is 4. The van der Waals surface area contributed by atoms with Crippen molar-refractivity contribution >= 4 is 33.2 Å². The van der Waals surface area contributed by atoms with Gasteiger partial charge < -0.3 is 10.1 Å². The number of anilines is 1. The van der Waals surface area contributed by atoms with Crippen LogP contribution in [-0.2, 0) is 21.2 Å². The summed E-state index contributed by atoms with van der Waals surface area (Å²) in [6.07, 6.45) is 0.608. The molecular weight excluding hydrogens is 448 g/mol. The first-order valence-electron chi connectivity index (χ1n) is 10.1. The van der Waals surface area contributed by atoms with Gasteiger partial charge in [-0.15, -0.1) is 0 Å². The lowest BCUT2D eigenvalue weighted by molar-refractivity contribution is -0.119. The minimum Gasteiger partial charge on any atom is -0.497 e. The molecule has 0 aromatic heterocycles. The Labute approximate surface area is 193 Å². The Hall–Kier alpha value is -3.03. The second-order valence-electron chi connectivity index (χ2n) is 7.16. The lowest BCUT2D eigenvalue weighted by Crippen LogP contribution is -2.41. The molecule has 0 heterocycles. The minimum atomic E-state index is -3.97. The fourth-order valence-corrected chi connectivity index (χ4v) is 4.88. The Morgan fingerprint density at radius 2 is 1.69 bits per heavy atom. The maximum absolute atomic E-state index is 13.4. The van der Waals surface area contributed by atoms with Crippen LogP contribution in [0.3, 0.4) is 0 Å². The third-order valence-corrected chi connectivity index (χ3v) is 7.20. The number of hydrogen-bond donors (Lipinski definition) is 1. The van der Waals surface area contributed by atoms with E-state index in [1.54, 1.807) is 50.4 Å². The number of sulfonamides is 1. The fourth-order valence-electron chi connectivity index (χ4n) is 3.21. The molecule has 0 aliphatic rings. The second kappa shape index (κ2) is 10.5. The van der Waals surface area contributed by atoms with E-state index < -0.39 is 15.9 Å². The number of methoxy groups -OCH3 is 1. The van der Waals surface area contributed by atoms with E-state index in [2.05, 4.69) is 5.32 Å². The van der Waals surface area contributed by atoms with Gasteiger partial charge in [-0.05, 0) is 60.9 Å². The summed E-state index contributed by atoms with van der Waals surface area (Å²) in [7, 11) is -2.37. The third-order valence-electron chi connectivity index (χ3n) is 5.02. The molecule has 0 saturated carbocycles. The van der Waals surface area contributed by atoms with Crippen molar-refractivity contribution in [2.24, 2.45) is 0 Å². The first-order valence-corrected chi connectivity index (χ1v) is 11.9. The van der Waals surface area contributed by atoms with Crippen LogP contribution in [0.2, 0.25) is 5.02 Å². The number of ether oxygens (including phenoxy) is 1. The van der Waals surface area contributed by atoms with E-state index >= 15 is 0 Å². The molecule has 0 aliphatic heterocycles. The molecule has 0 aliphatic carbocycles. The maximum Gasteiger partial charge on any atom is 0.264 e. The molecule has 0 spiro atoms. The smallest absolute Gasteiger partial charge is 0.264 e. The van der Waals surface area contributed by atoms with Crippen molar-refractivity contribution in [1.82, 2.24) is 5.32 Å². The molecule has 6 nitrogen and oxygen atoms in total. The van der Waals surface area contributed by atoms with E-state index in [0.29, 0.717) is 29.2 Å². The van der Waals surface area contributed by atoms with E-state index in [4.69, 9.17) is 16.3 Å². The molecule has 3 aromatic rings. The van der Waals surface area contributed by atoms with Gasteiger partial charge in [0.15, 0.2) is 0 Å². The van der Waals surface area contributed by atoms with Gasteiger partial charge in [0.2, 0.25) is 5.91 Å². The first kappa shape index (κ1) is 23.6. The Bertz CT molecular complexity index is 1170. The van der Waals surface area contributed by atoms with Crippen LogP contribution in [0.15, 0.2) is 77.7 Å². The van der Waals surface area contributed by atoms with Gasteiger partial charge >= 0.3 is 0 Å². The van der Waals surface area contributed by atoms with Crippen molar-refractivity contribution in [2.45, 2.75) is 18.2 Å². The van der Waals surface area contributed by atoms with Crippen LogP contribution in [0, 0.1) is 6.92 Å². The summed E-state index contributed by atoms with van der Waals surface area (Å²) in [6, 6.07) is 20.6. The lowest BCUT2D eigenvalue weighted by Gasteiger charge is -2.26. The normalized spacial score (nSPS) is 11.1. The molecular formula is C24H25ClN2O4S. The Morgan fingerprint density at radius 1 is 1.00 bits per heavy atom. The maximum atomic E-state index is 13.4. The zero-order chi connectivity index (χ0) is 23.1. The number of rotatable bonds is 9. The van der Waals surface area contributed by atoms with Crippen LogP contribution in [0.4, 0.5) is 5.69 Å². The van der Waals surface area contributed by atoms with Gasteiger partial charge in [-0.2, -0.15) is 0 Å². The SMILES string of the molecule is COc1ccc(CCNC(=O)CN(c2cccc(Cl)c2C)S(=O)(=O)c2ccccc2)cc1. The van der Waals surface area contributed by atoms with Gasteiger partial charge in [0.05, 0.1) is 17.7 Å². The van der Waals surface area contributed by atoms with Gasteiger partial charge in [0.25, 0.3) is 10.0 Å². The highest BCUT2D eigenvalue weighted by Gasteiger charge is 2.28. The summed E-state index contributed by atoms with van der Waals surface area (Å²) in [5.41, 5.74) is 1.98. The Kier molecular flexibility index (Phi) is 7.77. The van der Waals surface area contributed by atoms with Gasteiger partial charge in [-0.1, -0.05) is 48.0 Å². The quantitative estimate of drug-likeness (QED) is 0.506. The molecule has 32 heavy (non-hydrogen) atoms. The first-order chi connectivity index (χ1) is 15.3. The molecule has 0 fully saturated rings. The molecule has 1 N–H and O–H groups in total. The third kappa shape index (κ3) is 5.60. The number of nitrogens with one attached hydrogen (secondary N) is 1. The molecule has 0 saturated heterocycles. The number of benzene rings is 3. The fraction of sp³-hybridized carbons (Fsp3) is 0.208. The van der Waals surface area contributed by atoms with Crippen molar-refractivity contribution in [2.75, 3.05) is 24.5 Å². The molecule has 0 bridgehead atoms. The predicted molar refractivity (Wildman–Crippen MR) is 127 cm³/mol. The van der Waals surface area contributed by atoms with E-state index in [-0.39, 0.29) is 11.4 Å². The summed E-state index contributed by atoms with van der Waals surface area (Å²) in [4.78, 5) is 12.8. The molecule has 168 valence electrons. The van der Waals surface area contributed by atoms with Crippen molar-refractivity contribution in [1.29, 1.82) is 0 Å². The van der Waals surface area contributed by atoms with E-state index in [9.17, 15) is 13.2 Å². The van der Waals surface area contributed by atoms with Gasteiger partial charge in [-0.3, -0.25) is 9.10 Å². The topological polar surface area (TPSA) is 75.7 Å². The van der Waals surface area contributed by atoms with E-state index in [1.807, 2.05) is 24.3 Å². The highest BCUT2D eigenvalue weighted by Crippen LogP contribution is 2.30. The van der Waals surface area contributed by atoms with Gasteiger partial charge in [-0.25, -0.2) is 8.42 Å². The molecule has 0 atom stereocenters. The molecule has 1 amide bonds. The zero-order valence-electron chi connectivity index (χ0n) is 17.9. The average Bonchev–Trinajstić information content (AvgIpc) is 2.80. The number of amides is 1. The average molecular weight is 473 g/mol. The van der Waals surface area contributed by atoms with Gasteiger partial charge in [0, 0.05) is 11.6 Å². The summed E-state index contributed by atoms with van der Waals surface area (Å²) in [5, 5.41) is 3.23. The van der Waals surface area contributed by atoms with Gasteiger partial charge in [0.1, 0.15) is 12.3 Å². The molecule has 3 aromatic carbocycles. The molecule has 3 rings (SSSR count). The lowest BCUT2D eigenvalue weighted by atomic mass is 10.1. The summed E-state index contributed by atoms with van der Waals surface area (Å²) < 4.78 is 33.0. The second-order valence-corrected chi connectivity index (χ2v) is 9.43. The summed E-state index contributed by atoms with van der Waals surface area (Å²) in [5.74, 6) is 0.355. The van der Waals surface area contributed by atoms with Crippen LogP contribution in [0.1, 0.15) is 11.1 Å². The standard InChI is InChI=1S/C24H25ClN2O4S/c1-18-22(25)9-6-10-23(18)27(32(29,30)21-7-4-3-5-8-21)17-24(28)26-16-15-19-11-13-20(31-2)14-12-19/h3-14H,15-17H2,1-2H3,(H,26,28). The highest BCUT2D eigenvalue weighted by atomic mass is 35.5. The Balaban J connectivity index is 1.78. The largest absolute Gasteiger partial charge is 0.497 e. The van der Waals surface area contributed by atoms with Crippen LogP contribution < -0.4 is 14.4 Å². The van der Waals surface area contributed by atoms with Crippen molar-refractivity contribution in [3.63, 3.8) is 0 Å². The van der Waals surface area contributed by atoms with Crippen molar-refractivity contribution in [3.8, 4) is 5.75 Å². The summed E-state index contributed by atoms with van der Waals surface area (Å²) in [6.45, 7) is 1.74. The van der Waals surface area contributed by atoms with Crippen molar-refractivity contribution in [3.05, 3.63) is 88.9 Å². The van der Waals surface area contributed by atoms with Crippen LogP contribution in [0.5, 0.6) is 5.75 Å². The molecule has 0 unspecified atom stereocenters. The van der Waals surface area contributed by atoms with Crippen LogP contribution in [0.25, 0.3) is 0 Å². The zero-order valence-corrected chi connectivity index (χ0v) is 19.5. The number of carbonyl (C=O) groups excluding carboxylic acids is 1. The van der Waals surface area contributed by atoms with E-state index in [0.717, 1.165) is 15.6 Å². The number of nitrogens with zero attached hydrogens (tertiary/aromatic N) is 1. The molecule has 0 radical (unpaired) electrons. The highest BCUT2D eigenvalue weighted by molar-refractivity contribution is 7.92. The van der Waals surface area contributed by atoms with Crippen LogP contribution >= 0.6 is 11.6 Å². The Morgan fingerprint density at radius 3 is 2.34 bits per heavy atom. The van der Waals surface area contributed by atoms with Crippen LogP contribution in [-0.4, -0.2) is 34.5 Å². The summed E-state index contributed by atoms with van der Waals surface area (Å²) >= 11 is 6.23. The van der Waals surface area contributed by atoms with Crippen molar-refractivity contribution < 1.29 is 17.9 Å². The predicted octanol–water partition coefficient (Wildman–Crippen LogP) is 4.21. The minimum absolute atomic E-state index is 0.102. The molecule has 8 heteroatoms. The number of halogens is 1. The van der Waals surface area contributed by atoms with E-state index in [1.165, 1.54) is 12.1 Å². The number of carbonyl (C=O) groups is 1.